The Bertz CT molecular complexity index is 1050. The van der Waals surface area contributed by atoms with E-state index in [0.29, 0.717) is 30.0 Å². The molecule has 2 heterocycles. The van der Waals surface area contributed by atoms with Crippen molar-refractivity contribution >= 4 is 27.5 Å². The molecule has 9 nitrogen and oxygen atoms in total. The molecule has 1 aromatic carbocycles. The number of aryl methyl sites for hydroxylation is 2. The van der Waals surface area contributed by atoms with Gasteiger partial charge in [0, 0.05) is 12.1 Å². The van der Waals surface area contributed by atoms with Gasteiger partial charge < -0.3 is 5.32 Å². The standard InChI is InChI=1S/C19H21BrN6O3/c1-4-24-17(16(20)9-22-24)10-21-19(27)15-7-5-14(6-8-15)11-25-13(3)18(26(28)29)12(2)23-25/h5-9H,4,10-11H2,1-3H3,(H,21,27). The molecule has 0 aliphatic heterocycles. The van der Waals surface area contributed by atoms with Crippen LogP contribution in [0, 0.1) is 24.0 Å². The molecule has 0 saturated heterocycles. The summed E-state index contributed by atoms with van der Waals surface area (Å²) in [5.74, 6) is -0.186. The Morgan fingerprint density at radius 2 is 1.93 bits per heavy atom. The fourth-order valence-corrected chi connectivity index (χ4v) is 3.58. The Kier molecular flexibility index (Phi) is 6.12. The van der Waals surface area contributed by atoms with Crippen molar-refractivity contribution in [3.05, 3.63) is 73.3 Å². The van der Waals surface area contributed by atoms with Crippen molar-refractivity contribution in [1.82, 2.24) is 24.9 Å². The number of carbonyl (C=O) groups excluding carboxylic acids is 1. The third kappa shape index (κ3) is 4.37. The molecule has 29 heavy (non-hydrogen) atoms. The first-order chi connectivity index (χ1) is 13.8. The Morgan fingerprint density at radius 3 is 2.52 bits per heavy atom. The summed E-state index contributed by atoms with van der Waals surface area (Å²) in [6.07, 6.45) is 1.71. The number of rotatable bonds is 7. The number of hydrogen-bond acceptors (Lipinski definition) is 5. The molecule has 2 aromatic heterocycles. The topological polar surface area (TPSA) is 108 Å². The number of hydrogen-bond donors (Lipinski definition) is 1. The number of carbonyl (C=O) groups is 1. The number of benzene rings is 1. The molecule has 0 saturated carbocycles. The fraction of sp³-hybridized carbons (Fsp3) is 0.316. The summed E-state index contributed by atoms with van der Waals surface area (Å²) >= 11 is 3.44. The summed E-state index contributed by atoms with van der Waals surface area (Å²) in [6, 6.07) is 7.11. The minimum absolute atomic E-state index is 0.0403. The molecule has 0 aliphatic carbocycles. The molecule has 10 heteroatoms. The number of nitro groups is 1. The quantitative estimate of drug-likeness (QED) is 0.429. The van der Waals surface area contributed by atoms with E-state index in [1.165, 1.54) is 0 Å². The zero-order chi connectivity index (χ0) is 21.1. The summed E-state index contributed by atoms with van der Waals surface area (Å²) in [4.78, 5) is 23.2. The van der Waals surface area contributed by atoms with Crippen molar-refractivity contribution in [1.29, 1.82) is 0 Å². The van der Waals surface area contributed by atoms with Crippen LogP contribution in [-0.2, 0) is 19.6 Å². The molecule has 3 rings (SSSR count). The van der Waals surface area contributed by atoms with Gasteiger partial charge in [0.2, 0.25) is 0 Å². The molecule has 0 spiro atoms. The molecule has 0 aliphatic rings. The number of halogens is 1. The molecule has 0 bridgehead atoms. The van der Waals surface area contributed by atoms with Crippen LogP contribution in [0.5, 0.6) is 0 Å². The largest absolute Gasteiger partial charge is 0.346 e. The van der Waals surface area contributed by atoms with Crippen molar-refractivity contribution in [3.63, 3.8) is 0 Å². The predicted octanol–water partition coefficient (Wildman–Crippen LogP) is 3.37. The van der Waals surface area contributed by atoms with E-state index in [4.69, 9.17) is 0 Å². The Labute approximate surface area is 176 Å². The zero-order valence-electron chi connectivity index (χ0n) is 16.3. The lowest BCUT2D eigenvalue weighted by Crippen LogP contribution is -2.24. The first kappa shape index (κ1) is 20.7. The minimum atomic E-state index is -0.412. The zero-order valence-corrected chi connectivity index (χ0v) is 17.9. The van der Waals surface area contributed by atoms with Crippen molar-refractivity contribution in [2.24, 2.45) is 0 Å². The van der Waals surface area contributed by atoms with Gasteiger partial charge in [-0.05, 0) is 54.4 Å². The number of nitrogens with one attached hydrogen (secondary N) is 1. The monoisotopic (exact) mass is 460 g/mol. The van der Waals surface area contributed by atoms with Crippen LogP contribution in [0.1, 0.15) is 39.9 Å². The summed E-state index contributed by atoms with van der Waals surface area (Å²) in [6.45, 7) is 6.77. The van der Waals surface area contributed by atoms with Crippen molar-refractivity contribution < 1.29 is 9.72 Å². The van der Waals surface area contributed by atoms with Crippen LogP contribution in [0.15, 0.2) is 34.9 Å². The molecule has 0 unspecified atom stereocenters. The van der Waals surface area contributed by atoms with E-state index in [0.717, 1.165) is 22.3 Å². The maximum absolute atomic E-state index is 12.4. The van der Waals surface area contributed by atoms with Crippen LogP contribution < -0.4 is 5.32 Å². The summed E-state index contributed by atoms with van der Waals surface area (Å²) in [7, 11) is 0. The van der Waals surface area contributed by atoms with Crippen molar-refractivity contribution in [2.75, 3.05) is 0 Å². The molecule has 152 valence electrons. The summed E-state index contributed by atoms with van der Waals surface area (Å²) < 4.78 is 4.28. The highest BCUT2D eigenvalue weighted by molar-refractivity contribution is 9.10. The fourth-order valence-electron chi connectivity index (χ4n) is 3.14. The highest BCUT2D eigenvalue weighted by Crippen LogP contribution is 2.22. The van der Waals surface area contributed by atoms with Crippen LogP contribution >= 0.6 is 15.9 Å². The second-order valence-corrected chi connectivity index (χ2v) is 7.42. The van der Waals surface area contributed by atoms with Crippen LogP contribution in [0.3, 0.4) is 0 Å². The van der Waals surface area contributed by atoms with Crippen LogP contribution in [0.2, 0.25) is 0 Å². The first-order valence-electron chi connectivity index (χ1n) is 9.07. The second-order valence-electron chi connectivity index (χ2n) is 6.57. The maximum Gasteiger partial charge on any atom is 0.312 e. The van der Waals surface area contributed by atoms with Crippen LogP contribution in [0.4, 0.5) is 5.69 Å². The van der Waals surface area contributed by atoms with Crippen molar-refractivity contribution in [2.45, 2.75) is 40.4 Å². The van der Waals surface area contributed by atoms with Gasteiger partial charge in [-0.2, -0.15) is 10.2 Å². The molecule has 1 N–H and O–H groups in total. The molecule has 0 fully saturated rings. The third-order valence-electron chi connectivity index (χ3n) is 4.69. The van der Waals surface area contributed by atoms with Gasteiger partial charge in [0.25, 0.3) is 5.91 Å². The van der Waals surface area contributed by atoms with Gasteiger partial charge in [-0.15, -0.1) is 0 Å². The minimum Gasteiger partial charge on any atom is -0.346 e. The SMILES string of the molecule is CCn1ncc(Br)c1CNC(=O)c1ccc(Cn2nc(C)c([N+](=O)[O-])c2C)cc1. The van der Waals surface area contributed by atoms with Gasteiger partial charge in [0.15, 0.2) is 0 Å². The highest BCUT2D eigenvalue weighted by atomic mass is 79.9. The van der Waals surface area contributed by atoms with E-state index in [1.807, 2.05) is 23.7 Å². The van der Waals surface area contributed by atoms with Crippen molar-refractivity contribution in [3.8, 4) is 0 Å². The lowest BCUT2D eigenvalue weighted by molar-refractivity contribution is -0.386. The Balaban J connectivity index is 1.67. The molecule has 0 atom stereocenters. The highest BCUT2D eigenvalue weighted by Gasteiger charge is 2.21. The predicted molar refractivity (Wildman–Crippen MR) is 111 cm³/mol. The molecular formula is C19H21BrN6O3. The van der Waals surface area contributed by atoms with Crippen LogP contribution in [-0.4, -0.2) is 30.4 Å². The Morgan fingerprint density at radius 1 is 1.24 bits per heavy atom. The number of nitrogens with zero attached hydrogens (tertiary/aromatic N) is 5. The lowest BCUT2D eigenvalue weighted by atomic mass is 10.1. The molecule has 0 radical (unpaired) electrons. The van der Waals surface area contributed by atoms with Gasteiger partial charge >= 0.3 is 5.69 Å². The van der Waals surface area contributed by atoms with E-state index in [9.17, 15) is 14.9 Å². The lowest BCUT2D eigenvalue weighted by Gasteiger charge is -2.09. The molecule has 1 amide bonds. The summed E-state index contributed by atoms with van der Waals surface area (Å²) in [5.41, 5.74) is 3.27. The average Bonchev–Trinajstić information content (AvgIpc) is 3.18. The van der Waals surface area contributed by atoms with Gasteiger partial charge in [-0.1, -0.05) is 12.1 Å². The molecular weight excluding hydrogens is 440 g/mol. The third-order valence-corrected chi connectivity index (χ3v) is 5.35. The van der Waals surface area contributed by atoms with Gasteiger partial charge in [-0.25, -0.2) is 0 Å². The van der Waals surface area contributed by atoms with E-state index in [1.54, 1.807) is 36.9 Å². The van der Waals surface area contributed by atoms with E-state index in [2.05, 4.69) is 31.4 Å². The number of aromatic nitrogens is 4. The smallest absolute Gasteiger partial charge is 0.312 e. The number of amides is 1. The van der Waals surface area contributed by atoms with E-state index >= 15 is 0 Å². The summed E-state index contributed by atoms with van der Waals surface area (Å²) in [5, 5.41) is 22.5. The van der Waals surface area contributed by atoms with Gasteiger partial charge in [0.05, 0.1) is 34.4 Å². The second kappa shape index (κ2) is 8.56. The van der Waals surface area contributed by atoms with E-state index in [-0.39, 0.29) is 11.6 Å². The van der Waals surface area contributed by atoms with Crippen LogP contribution in [0.25, 0.3) is 0 Å². The first-order valence-corrected chi connectivity index (χ1v) is 9.86. The van der Waals surface area contributed by atoms with Gasteiger partial charge in [0.1, 0.15) is 11.4 Å². The maximum atomic E-state index is 12.4. The molecule has 3 aromatic rings. The van der Waals surface area contributed by atoms with E-state index < -0.39 is 4.92 Å². The Hall–Kier alpha value is -3.01. The van der Waals surface area contributed by atoms with Gasteiger partial charge in [-0.3, -0.25) is 24.3 Å². The average molecular weight is 461 g/mol. The normalized spacial score (nSPS) is 10.9.